The first-order valence-corrected chi connectivity index (χ1v) is 8.28. The number of hydrogen-bond donors (Lipinski definition) is 3. The van der Waals surface area contributed by atoms with Crippen molar-refractivity contribution in [3.63, 3.8) is 0 Å². The van der Waals surface area contributed by atoms with Crippen LogP contribution in [0, 0.1) is 13.8 Å². The van der Waals surface area contributed by atoms with Crippen molar-refractivity contribution in [2.75, 3.05) is 5.32 Å². The third kappa shape index (κ3) is 4.91. The zero-order valence-electron chi connectivity index (χ0n) is 14.6. The molecular weight excluding hydrogens is 300 g/mol. The number of carbonyl (C=O) groups is 1. The van der Waals surface area contributed by atoms with Crippen molar-refractivity contribution in [1.82, 2.24) is 5.32 Å². The average molecular weight is 326 g/mol. The van der Waals surface area contributed by atoms with Crippen LogP contribution in [0.3, 0.4) is 0 Å². The van der Waals surface area contributed by atoms with Gasteiger partial charge in [0.15, 0.2) is 0 Å². The summed E-state index contributed by atoms with van der Waals surface area (Å²) in [7, 11) is 0. The second kappa shape index (κ2) is 8.62. The number of hydrogen-bond acceptors (Lipinski definition) is 3. The molecule has 2 aromatic carbocycles. The van der Waals surface area contributed by atoms with Crippen molar-refractivity contribution in [1.29, 1.82) is 0 Å². The summed E-state index contributed by atoms with van der Waals surface area (Å²) in [6.07, 6.45) is 0.397. The van der Waals surface area contributed by atoms with Gasteiger partial charge in [0.2, 0.25) is 5.91 Å². The lowest BCUT2D eigenvalue weighted by molar-refractivity contribution is -0.116. The number of amides is 1. The Bertz CT molecular complexity index is 698. The van der Waals surface area contributed by atoms with Gasteiger partial charge in [0.05, 0.1) is 6.61 Å². The minimum atomic E-state index is -0.000793. The number of aliphatic hydroxyl groups excluding tert-OH is 1. The predicted octanol–water partition coefficient (Wildman–Crippen LogP) is 3.30. The number of nitrogens with one attached hydrogen (secondary N) is 2. The summed E-state index contributed by atoms with van der Waals surface area (Å²) in [4.78, 5) is 12.2. The summed E-state index contributed by atoms with van der Waals surface area (Å²) in [6.45, 7) is 6.70. The minimum Gasteiger partial charge on any atom is -0.392 e. The smallest absolute Gasteiger partial charge is 0.225 e. The lowest BCUT2D eigenvalue weighted by Crippen LogP contribution is -2.30. The highest BCUT2D eigenvalue weighted by Gasteiger charge is 2.11. The van der Waals surface area contributed by atoms with Gasteiger partial charge in [-0.05, 0) is 49.1 Å². The first-order chi connectivity index (χ1) is 11.5. The Hall–Kier alpha value is -2.17. The van der Waals surface area contributed by atoms with E-state index in [1.165, 1.54) is 5.56 Å². The zero-order chi connectivity index (χ0) is 17.5. The maximum absolute atomic E-state index is 12.2. The van der Waals surface area contributed by atoms with Gasteiger partial charge in [-0.1, -0.05) is 36.4 Å². The van der Waals surface area contributed by atoms with Crippen molar-refractivity contribution >= 4 is 11.6 Å². The molecule has 24 heavy (non-hydrogen) atoms. The summed E-state index contributed by atoms with van der Waals surface area (Å²) in [5, 5.41) is 15.7. The van der Waals surface area contributed by atoms with Crippen LogP contribution < -0.4 is 10.6 Å². The monoisotopic (exact) mass is 326 g/mol. The topological polar surface area (TPSA) is 61.4 Å². The van der Waals surface area contributed by atoms with Crippen LogP contribution in [0.1, 0.15) is 35.6 Å². The van der Waals surface area contributed by atoms with Crippen molar-refractivity contribution in [3.8, 4) is 0 Å². The molecule has 0 aliphatic carbocycles. The van der Waals surface area contributed by atoms with E-state index in [2.05, 4.69) is 10.6 Å². The Morgan fingerprint density at radius 3 is 2.50 bits per heavy atom. The SMILES string of the molecule is Cc1cccc(NC(=O)CC(C)NCc2ccccc2CO)c1C. The molecule has 0 aromatic heterocycles. The molecule has 128 valence electrons. The van der Waals surface area contributed by atoms with E-state index < -0.39 is 0 Å². The van der Waals surface area contributed by atoms with Crippen LogP contribution in [-0.4, -0.2) is 17.1 Å². The standard InChI is InChI=1S/C20H26N2O2/c1-14-7-6-10-19(16(14)3)22-20(24)11-15(2)21-12-17-8-4-5-9-18(17)13-23/h4-10,15,21,23H,11-13H2,1-3H3,(H,22,24). The lowest BCUT2D eigenvalue weighted by Gasteiger charge is -2.16. The van der Waals surface area contributed by atoms with Crippen LogP contribution in [0.15, 0.2) is 42.5 Å². The molecule has 0 fully saturated rings. The Labute approximate surface area is 143 Å². The van der Waals surface area contributed by atoms with E-state index in [0.717, 1.165) is 22.4 Å². The minimum absolute atomic E-state index is 0.000793. The molecule has 0 aliphatic heterocycles. The van der Waals surface area contributed by atoms with E-state index >= 15 is 0 Å². The Morgan fingerprint density at radius 1 is 1.08 bits per heavy atom. The van der Waals surface area contributed by atoms with Crippen LogP contribution in [0.5, 0.6) is 0 Å². The van der Waals surface area contributed by atoms with Gasteiger partial charge in [0, 0.05) is 24.7 Å². The quantitative estimate of drug-likeness (QED) is 0.731. The maximum atomic E-state index is 12.2. The fraction of sp³-hybridized carbons (Fsp3) is 0.350. The summed E-state index contributed by atoms with van der Waals surface area (Å²) >= 11 is 0. The third-order valence-corrected chi connectivity index (χ3v) is 4.30. The van der Waals surface area contributed by atoms with E-state index in [1.807, 2.05) is 63.2 Å². The number of carbonyl (C=O) groups excluding carboxylic acids is 1. The molecule has 0 saturated heterocycles. The van der Waals surface area contributed by atoms with Crippen molar-refractivity contribution in [3.05, 3.63) is 64.7 Å². The molecular formula is C20H26N2O2. The summed E-state index contributed by atoms with van der Waals surface area (Å²) < 4.78 is 0. The first-order valence-electron chi connectivity index (χ1n) is 8.28. The Kier molecular flexibility index (Phi) is 6.53. The van der Waals surface area contributed by atoms with Gasteiger partial charge in [0.25, 0.3) is 0 Å². The van der Waals surface area contributed by atoms with Gasteiger partial charge in [-0.15, -0.1) is 0 Å². The highest BCUT2D eigenvalue weighted by Crippen LogP contribution is 2.18. The number of aryl methyl sites for hydroxylation is 1. The Balaban J connectivity index is 1.86. The molecule has 0 aliphatic rings. The number of rotatable bonds is 7. The molecule has 0 heterocycles. The largest absolute Gasteiger partial charge is 0.392 e. The number of benzene rings is 2. The van der Waals surface area contributed by atoms with E-state index in [1.54, 1.807) is 0 Å². The molecule has 0 radical (unpaired) electrons. The van der Waals surface area contributed by atoms with Crippen LogP contribution in [0.25, 0.3) is 0 Å². The normalized spacial score (nSPS) is 12.0. The van der Waals surface area contributed by atoms with E-state index in [-0.39, 0.29) is 18.6 Å². The van der Waals surface area contributed by atoms with Gasteiger partial charge < -0.3 is 15.7 Å². The van der Waals surface area contributed by atoms with E-state index in [4.69, 9.17) is 0 Å². The van der Waals surface area contributed by atoms with Gasteiger partial charge in [-0.2, -0.15) is 0 Å². The zero-order valence-corrected chi connectivity index (χ0v) is 14.6. The van der Waals surface area contributed by atoms with Crippen molar-refractivity contribution in [2.45, 2.75) is 46.4 Å². The van der Waals surface area contributed by atoms with Gasteiger partial charge in [-0.3, -0.25) is 4.79 Å². The Morgan fingerprint density at radius 2 is 1.79 bits per heavy atom. The molecule has 1 unspecified atom stereocenters. The molecule has 0 bridgehead atoms. The molecule has 1 atom stereocenters. The molecule has 2 rings (SSSR count). The molecule has 4 heteroatoms. The van der Waals surface area contributed by atoms with E-state index in [0.29, 0.717) is 13.0 Å². The number of aliphatic hydroxyl groups is 1. The van der Waals surface area contributed by atoms with Crippen LogP contribution >= 0.6 is 0 Å². The second-order valence-corrected chi connectivity index (χ2v) is 6.21. The van der Waals surface area contributed by atoms with Gasteiger partial charge in [-0.25, -0.2) is 0 Å². The predicted molar refractivity (Wildman–Crippen MR) is 97.8 cm³/mol. The first kappa shape index (κ1) is 18.2. The van der Waals surface area contributed by atoms with Crippen LogP contribution in [0.2, 0.25) is 0 Å². The van der Waals surface area contributed by atoms with Crippen LogP contribution in [0.4, 0.5) is 5.69 Å². The van der Waals surface area contributed by atoms with Gasteiger partial charge >= 0.3 is 0 Å². The van der Waals surface area contributed by atoms with Crippen LogP contribution in [-0.2, 0) is 17.9 Å². The van der Waals surface area contributed by atoms with Crippen molar-refractivity contribution < 1.29 is 9.90 Å². The second-order valence-electron chi connectivity index (χ2n) is 6.21. The fourth-order valence-electron chi connectivity index (χ4n) is 2.61. The third-order valence-electron chi connectivity index (χ3n) is 4.30. The highest BCUT2D eigenvalue weighted by atomic mass is 16.3. The van der Waals surface area contributed by atoms with Crippen molar-refractivity contribution in [2.24, 2.45) is 0 Å². The molecule has 1 amide bonds. The molecule has 0 spiro atoms. The summed E-state index contributed by atoms with van der Waals surface area (Å²) in [6, 6.07) is 13.7. The molecule has 4 nitrogen and oxygen atoms in total. The molecule has 3 N–H and O–H groups in total. The van der Waals surface area contributed by atoms with E-state index in [9.17, 15) is 9.90 Å². The fourth-order valence-corrected chi connectivity index (χ4v) is 2.61. The highest BCUT2D eigenvalue weighted by molar-refractivity contribution is 5.92. The molecule has 2 aromatic rings. The number of anilines is 1. The molecule has 0 saturated carbocycles. The maximum Gasteiger partial charge on any atom is 0.225 e. The van der Waals surface area contributed by atoms with Gasteiger partial charge in [0.1, 0.15) is 0 Å². The summed E-state index contributed by atoms with van der Waals surface area (Å²) in [5.41, 5.74) is 5.11. The lowest BCUT2D eigenvalue weighted by atomic mass is 10.1. The summed E-state index contributed by atoms with van der Waals surface area (Å²) in [5.74, 6) is -0.000793. The average Bonchev–Trinajstić information content (AvgIpc) is 2.57.